The maximum absolute atomic E-state index is 5.75. The van der Waals surface area contributed by atoms with Crippen molar-refractivity contribution in [2.75, 3.05) is 5.32 Å². The Morgan fingerprint density at radius 1 is 1.24 bits per heavy atom. The van der Waals surface area contributed by atoms with Crippen molar-refractivity contribution >= 4 is 55.0 Å². The van der Waals surface area contributed by atoms with Gasteiger partial charge >= 0.3 is 0 Å². The summed E-state index contributed by atoms with van der Waals surface area (Å²) in [6.07, 6.45) is 1.61. The molecule has 3 nitrogen and oxygen atoms in total. The molecule has 0 aliphatic carbocycles. The summed E-state index contributed by atoms with van der Waals surface area (Å²) in [7, 11) is 0. The van der Waals surface area contributed by atoms with E-state index in [-0.39, 0.29) is 5.28 Å². The minimum Gasteiger partial charge on any atom is -0.339 e. The predicted octanol–water partition coefficient (Wildman–Crippen LogP) is 4.71. The van der Waals surface area contributed by atoms with Gasteiger partial charge in [-0.2, -0.15) is 4.98 Å². The number of nitrogens with zero attached hydrogens (tertiary/aromatic N) is 2. The molecule has 1 N–H and O–H groups in total. The summed E-state index contributed by atoms with van der Waals surface area (Å²) in [6.45, 7) is 2.03. The molecular weight excluding hydrogens is 369 g/mol. The number of hydrogen-bond donors (Lipinski definition) is 1. The molecule has 17 heavy (non-hydrogen) atoms. The van der Waals surface area contributed by atoms with Crippen LogP contribution in [0.2, 0.25) is 5.28 Å². The van der Waals surface area contributed by atoms with Crippen molar-refractivity contribution in [3.63, 3.8) is 0 Å². The first-order valence-electron chi connectivity index (χ1n) is 4.77. The Morgan fingerprint density at radius 2 is 2.00 bits per heavy atom. The van der Waals surface area contributed by atoms with Crippen LogP contribution in [0.25, 0.3) is 0 Å². The average molecular weight is 377 g/mol. The molecule has 6 heteroatoms. The second-order valence-corrected chi connectivity index (χ2v) is 5.47. The number of aryl methyl sites for hydroxylation is 1. The third-order valence-corrected chi connectivity index (χ3v) is 3.77. The highest BCUT2D eigenvalue weighted by Crippen LogP contribution is 2.27. The van der Waals surface area contributed by atoms with E-state index in [2.05, 4.69) is 47.1 Å². The van der Waals surface area contributed by atoms with Gasteiger partial charge in [0.1, 0.15) is 5.82 Å². The molecule has 0 bridgehead atoms. The molecule has 0 amide bonds. The average Bonchev–Trinajstić information content (AvgIpc) is 2.29. The van der Waals surface area contributed by atoms with Gasteiger partial charge in [0.15, 0.2) is 0 Å². The van der Waals surface area contributed by atoms with Crippen LogP contribution < -0.4 is 5.32 Å². The van der Waals surface area contributed by atoms with Crippen LogP contribution in [0.3, 0.4) is 0 Å². The van der Waals surface area contributed by atoms with E-state index in [1.54, 1.807) is 6.20 Å². The van der Waals surface area contributed by atoms with E-state index in [0.29, 0.717) is 5.82 Å². The first-order chi connectivity index (χ1) is 8.06. The van der Waals surface area contributed by atoms with E-state index < -0.39 is 0 Å². The van der Waals surface area contributed by atoms with Gasteiger partial charge in [-0.3, -0.25) is 0 Å². The van der Waals surface area contributed by atoms with Crippen molar-refractivity contribution in [3.05, 3.63) is 44.2 Å². The summed E-state index contributed by atoms with van der Waals surface area (Å²) < 4.78 is 1.80. The summed E-state index contributed by atoms with van der Waals surface area (Å²) in [5.74, 6) is 0.640. The lowest BCUT2D eigenvalue weighted by Gasteiger charge is -2.08. The lowest BCUT2D eigenvalue weighted by atomic mass is 10.2. The number of aromatic nitrogens is 2. The second-order valence-electron chi connectivity index (χ2n) is 3.42. The second kappa shape index (κ2) is 5.33. The van der Waals surface area contributed by atoms with Crippen molar-refractivity contribution in [2.45, 2.75) is 6.92 Å². The summed E-state index contributed by atoms with van der Waals surface area (Å²) >= 11 is 12.6. The third kappa shape index (κ3) is 3.18. The van der Waals surface area contributed by atoms with Gasteiger partial charge in [0.25, 0.3) is 0 Å². The molecular formula is C11H8Br2ClN3. The number of nitrogens with one attached hydrogen (secondary N) is 1. The summed E-state index contributed by atoms with van der Waals surface area (Å²) in [5, 5.41) is 3.38. The van der Waals surface area contributed by atoms with Crippen molar-refractivity contribution in [1.82, 2.24) is 9.97 Å². The zero-order chi connectivity index (χ0) is 12.4. The molecule has 1 aromatic heterocycles. The fraction of sp³-hybridized carbons (Fsp3) is 0.0909. The molecule has 1 aromatic carbocycles. The van der Waals surface area contributed by atoms with Gasteiger partial charge in [0, 0.05) is 16.4 Å². The molecule has 0 unspecified atom stereocenters. The summed E-state index contributed by atoms with van der Waals surface area (Å²) in [4.78, 5) is 7.97. The molecule has 0 aliphatic rings. The van der Waals surface area contributed by atoms with Gasteiger partial charge in [0.2, 0.25) is 5.28 Å². The van der Waals surface area contributed by atoms with Crippen LogP contribution in [0.4, 0.5) is 11.5 Å². The number of anilines is 2. The van der Waals surface area contributed by atoms with Crippen molar-refractivity contribution in [2.24, 2.45) is 0 Å². The smallest absolute Gasteiger partial charge is 0.224 e. The van der Waals surface area contributed by atoms with Gasteiger partial charge in [0.05, 0.1) is 4.47 Å². The molecule has 0 saturated heterocycles. The molecule has 0 radical (unpaired) electrons. The number of benzene rings is 1. The van der Waals surface area contributed by atoms with Gasteiger partial charge in [-0.1, -0.05) is 22.0 Å². The first kappa shape index (κ1) is 12.8. The van der Waals surface area contributed by atoms with E-state index in [1.807, 2.05) is 25.1 Å². The molecule has 2 aromatic rings. The first-order valence-corrected chi connectivity index (χ1v) is 6.74. The Hall–Kier alpha value is -0.650. The van der Waals surface area contributed by atoms with Crippen LogP contribution in [-0.4, -0.2) is 9.97 Å². The van der Waals surface area contributed by atoms with E-state index in [1.165, 1.54) is 5.56 Å². The maximum Gasteiger partial charge on any atom is 0.224 e. The Balaban J connectivity index is 2.31. The third-order valence-electron chi connectivity index (χ3n) is 2.15. The molecule has 0 aliphatic heterocycles. The van der Waals surface area contributed by atoms with E-state index in [4.69, 9.17) is 11.6 Å². The van der Waals surface area contributed by atoms with Crippen molar-refractivity contribution < 1.29 is 0 Å². The van der Waals surface area contributed by atoms with Crippen molar-refractivity contribution in [1.29, 1.82) is 0 Å². The molecule has 0 fully saturated rings. The van der Waals surface area contributed by atoms with Gasteiger partial charge in [-0.25, -0.2) is 4.98 Å². The summed E-state index contributed by atoms with van der Waals surface area (Å²) in [5.41, 5.74) is 2.10. The Labute approximate surface area is 121 Å². The normalized spacial score (nSPS) is 10.4. The predicted molar refractivity (Wildman–Crippen MR) is 76.9 cm³/mol. The minimum atomic E-state index is 0.210. The molecule has 0 atom stereocenters. The van der Waals surface area contributed by atoms with Crippen LogP contribution in [-0.2, 0) is 0 Å². The zero-order valence-corrected chi connectivity index (χ0v) is 12.8. The van der Waals surface area contributed by atoms with Crippen LogP contribution in [0.5, 0.6) is 0 Å². The SMILES string of the molecule is Cc1ccc(Nc2nc(Cl)ncc2Br)cc1Br. The fourth-order valence-electron chi connectivity index (χ4n) is 1.24. The maximum atomic E-state index is 5.75. The van der Waals surface area contributed by atoms with E-state index >= 15 is 0 Å². The molecule has 0 spiro atoms. The standard InChI is InChI=1S/C11H8Br2ClN3/c1-6-2-3-7(4-8(6)12)16-10-9(13)5-15-11(14)17-10/h2-5H,1H3,(H,15,16,17). The molecule has 2 rings (SSSR count). The van der Waals surface area contributed by atoms with Gasteiger partial charge < -0.3 is 5.32 Å². The minimum absolute atomic E-state index is 0.210. The lowest BCUT2D eigenvalue weighted by Crippen LogP contribution is -1.96. The largest absolute Gasteiger partial charge is 0.339 e. The van der Waals surface area contributed by atoms with Crippen LogP contribution in [0.1, 0.15) is 5.56 Å². The monoisotopic (exact) mass is 375 g/mol. The van der Waals surface area contributed by atoms with Gasteiger partial charge in [-0.05, 0) is 52.2 Å². The Morgan fingerprint density at radius 3 is 2.71 bits per heavy atom. The molecule has 88 valence electrons. The Kier molecular flexibility index (Phi) is 4.01. The topological polar surface area (TPSA) is 37.8 Å². The van der Waals surface area contributed by atoms with Crippen LogP contribution >= 0.6 is 43.5 Å². The molecule has 1 heterocycles. The number of hydrogen-bond acceptors (Lipinski definition) is 3. The quantitative estimate of drug-likeness (QED) is 0.771. The van der Waals surface area contributed by atoms with E-state index in [0.717, 1.165) is 14.6 Å². The fourth-order valence-corrected chi connectivity index (χ4v) is 2.04. The van der Waals surface area contributed by atoms with E-state index in [9.17, 15) is 0 Å². The van der Waals surface area contributed by atoms with Crippen LogP contribution in [0.15, 0.2) is 33.3 Å². The zero-order valence-electron chi connectivity index (χ0n) is 8.84. The van der Waals surface area contributed by atoms with Gasteiger partial charge in [-0.15, -0.1) is 0 Å². The van der Waals surface area contributed by atoms with Crippen molar-refractivity contribution in [3.8, 4) is 0 Å². The number of rotatable bonds is 2. The lowest BCUT2D eigenvalue weighted by molar-refractivity contribution is 1.15. The highest BCUT2D eigenvalue weighted by molar-refractivity contribution is 9.10. The molecule has 0 saturated carbocycles. The highest BCUT2D eigenvalue weighted by atomic mass is 79.9. The summed E-state index contributed by atoms with van der Waals surface area (Å²) in [6, 6.07) is 5.98. The Bertz CT molecular complexity index is 560. The van der Waals surface area contributed by atoms with Crippen LogP contribution in [0, 0.1) is 6.92 Å². The number of halogens is 3. The highest BCUT2D eigenvalue weighted by Gasteiger charge is 2.05.